The van der Waals surface area contributed by atoms with Crippen LogP contribution in [0.5, 0.6) is 11.5 Å². The molecule has 1 amide bonds. The lowest BCUT2D eigenvalue weighted by Crippen LogP contribution is -2.41. The van der Waals surface area contributed by atoms with Crippen LogP contribution >= 0.6 is 0 Å². The van der Waals surface area contributed by atoms with E-state index in [4.69, 9.17) is 9.47 Å². The Morgan fingerprint density at radius 1 is 1.35 bits per heavy atom. The van der Waals surface area contributed by atoms with E-state index in [0.29, 0.717) is 12.3 Å². The van der Waals surface area contributed by atoms with Crippen molar-refractivity contribution >= 4 is 5.91 Å². The van der Waals surface area contributed by atoms with E-state index in [9.17, 15) is 4.79 Å². The molecule has 2 heterocycles. The van der Waals surface area contributed by atoms with Crippen LogP contribution in [0.25, 0.3) is 0 Å². The Labute approximate surface area is 137 Å². The largest absolute Gasteiger partial charge is 0.454 e. The second-order valence-corrected chi connectivity index (χ2v) is 6.48. The van der Waals surface area contributed by atoms with E-state index in [1.165, 1.54) is 32.4 Å². The summed E-state index contributed by atoms with van der Waals surface area (Å²) < 4.78 is 10.6. The quantitative estimate of drug-likeness (QED) is 0.873. The molecule has 1 N–H and O–H groups in total. The molecule has 5 heteroatoms. The number of nitrogens with one attached hydrogen (secondary N) is 1. The smallest absolute Gasteiger partial charge is 0.231 e. The molecule has 0 spiro atoms. The molecular formula is C18H26N2O3. The Morgan fingerprint density at radius 2 is 2.22 bits per heavy atom. The van der Waals surface area contributed by atoms with Gasteiger partial charge in [-0.15, -0.1) is 0 Å². The molecular weight excluding hydrogens is 292 g/mol. The third-order valence-corrected chi connectivity index (χ3v) is 4.53. The zero-order valence-corrected chi connectivity index (χ0v) is 13.8. The summed E-state index contributed by atoms with van der Waals surface area (Å²) in [5, 5.41) is 3.09. The van der Waals surface area contributed by atoms with Crippen molar-refractivity contribution in [1.29, 1.82) is 0 Å². The fourth-order valence-corrected chi connectivity index (χ4v) is 3.39. The molecule has 2 aliphatic rings. The standard InChI is InChI=1S/C18H26N2O3/c1-2-7-20-8-3-4-15(12-20)11-19-18(21)10-14-5-6-16-17(9-14)23-13-22-16/h5-6,9,15H,2-4,7-8,10-13H2,1H3,(H,19,21). The van der Waals surface area contributed by atoms with Gasteiger partial charge in [-0.1, -0.05) is 13.0 Å². The van der Waals surface area contributed by atoms with Gasteiger partial charge in [0.1, 0.15) is 0 Å². The predicted octanol–water partition coefficient (Wildman–Crippen LogP) is 2.20. The van der Waals surface area contributed by atoms with Crippen molar-refractivity contribution in [3.63, 3.8) is 0 Å². The molecule has 1 aromatic rings. The number of benzene rings is 1. The lowest BCUT2D eigenvalue weighted by molar-refractivity contribution is -0.120. The normalized spacial score (nSPS) is 20.5. The van der Waals surface area contributed by atoms with E-state index < -0.39 is 0 Å². The van der Waals surface area contributed by atoms with E-state index in [-0.39, 0.29) is 12.7 Å². The van der Waals surface area contributed by atoms with Gasteiger partial charge < -0.3 is 19.7 Å². The van der Waals surface area contributed by atoms with Crippen LogP contribution in [0.4, 0.5) is 0 Å². The molecule has 0 aliphatic carbocycles. The number of carbonyl (C=O) groups excluding carboxylic acids is 1. The number of fused-ring (bicyclic) bond motifs is 1. The minimum Gasteiger partial charge on any atom is -0.454 e. The van der Waals surface area contributed by atoms with Crippen LogP contribution in [-0.4, -0.2) is 43.8 Å². The van der Waals surface area contributed by atoms with E-state index in [1.54, 1.807) is 0 Å². The van der Waals surface area contributed by atoms with Gasteiger partial charge in [0, 0.05) is 13.1 Å². The molecule has 23 heavy (non-hydrogen) atoms. The molecule has 0 bridgehead atoms. The van der Waals surface area contributed by atoms with Crippen molar-refractivity contribution in [2.75, 3.05) is 33.0 Å². The third-order valence-electron chi connectivity index (χ3n) is 4.53. The SMILES string of the molecule is CCCN1CCCC(CNC(=O)Cc2ccc3c(c2)OCO3)C1. The highest BCUT2D eigenvalue weighted by Crippen LogP contribution is 2.32. The van der Waals surface area contributed by atoms with Crippen LogP contribution < -0.4 is 14.8 Å². The molecule has 0 saturated carbocycles. The summed E-state index contributed by atoms with van der Waals surface area (Å²) in [6.45, 7) is 6.75. The second kappa shape index (κ2) is 7.68. The van der Waals surface area contributed by atoms with Gasteiger partial charge in [-0.25, -0.2) is 0 Å². The van der Waals surface area contributed by atoms with E-state index in [0.717, 1.165) is 30.2 Å². The second-order valence-electron chi connectivity index (χ2n) is 6.48. The molecule has 0 radical (unpaired) electrons. The molecule has 126 valence electrons. The lowest BCUT2D eigenvalue weighted by atomic mass is 9.97. The Morgan fingerprint density at radius 3 is 3.09 bits per heavy atom. The zero-order valence-electron chi connectivity index (χ0n) is 13.8. The third kappa shape index (κ3) is 4.38. The van der Waals surface area contributed by atoms with Crippen molar-refractivity contribution in [1.82, 2.24) is 10.2 Å². The minimum absolute atomic E-state index is 0.0801. The van der Waals surface area contributed by atoms with E-state index >= 15 is 0 Å². The summed E-state index contributed by atoms with van der Waals surface area (Å²) in [5.41, 5.74) is 0.961. The number of piperidine rings is 1. The molecule has 1 atom stereocenters. The molecule has 1 unspecified atom stereocenters. The number of amides is 1. The Bertz CT molecular complexity index is 545. The highest BCUT2D eigenvalue weighted by Gasteiger charge is 2.20. The summed E-state index contributed by atoms with van der Waals surface area (Å²) >= 11 is 0. The monoisotopic (exact) mass is 318 g/mol. The molecule has 1 aromatic carbocycles. The van der Waals surface area contributed by atoms with Crippen molar-refractivity contribution in [2.24, 2.45) is 5.92 Å². The van der Waals surface area contributed by atoms with Crippen LogP contribution in [0.3, 0.4) is 0 Å². The summed E-state index contributed by atoms with van der Waals surface area (Å²) in [7, 11) is 0. The minimum atomic E-state index is 0.0801. The number of likely N-dealkylation sites (tertiary alicyclic amines) is 1. The van der Waals surface area contributed by atoms with Gasteiger partial charge in [0.2, 0.25) is 12.7 Å². The maximum atomic E-state index is 12.2. The lowest BCUT2D eigenvalue weighted by Gasteiger charge is -2.32. The average Bonchev–Trinajstić information content (AvgIpc) is 3.01. The summed E-state index contributed by atoms with van der Waals surface area (Å²) in [6, 6.07) is 5.69. The molecule has 1 saturated heterocycles. The molecule has 2 aliphatic heterocycles. The Balaban J connectivity index is 1.44. The molecule has 3 rings (SSSR count). The predicted molar refractivity (Wildman–Crippen MR) is 88.7 cm³/mol. The number of nitrogens with zero attached hydrogens (tertiary/aromatic N) is 1. The summed E-state index contributed by atoms with van der Waals surface area (Å²) in [4.78, 5) is 14.7. The highest BCUT2D eigenvalue weighted by atomic mass is 16.7. The molecule has 5 nitrogen and oxygen atoms in total. The van der Waals surface area contributed by atoms with Crippen molar-refractivity contribution < 1.29 is 14.3 Å². The first kappa shape index (κ1) is 16.1. The van der Waals surface area contributed by atoms with Crippen molar-refractivity contribution in [3.8, 4) is 11.5 Å². The fourth-order valence-electron chi connectivity index (χ4n) is 3.39. The van der Waals surface area contributed by atoms with E-state index in [1.807, 2.05) is 18.2 Å². The molecule has 0 aromatic heterocycles. The first-order chi connectivity index (χ1) is 11.2. The number of rotatable bonds is 6. The number of ether oxygens (including phenoxy) is 2. The Kier molecular flexibility index (Phi) is 5.39. The first-order valence-corrected chi connectivity index (χ1v) is 8.62. The van der Waals surface area contributed by atoms with Crippen LogP contribution in [0, 0.1) is 5.92 Å². The number of hydrogen-bond donors (Lipinski definition) is 1. The topological polar surface area (TPSA) is 50.8 Å². The fraction of sp³-hybridized carbons (Fsp3) is 0.611. The van der Waals surface area contributed by atoms with Crippen LogP contribution in [0.2, 0.25) is 0 Å². The molecule has 1 fully saturated rings. The van der Waals surface area contributed by atoms with Gasteiger partial charge in [-0.3, -0.25) is 4.79 Å². The summed E-state index contributed by atoms with van der Waals surface area (Å²) in [5.74, 6) is 2.15. The van der Waals surface area contributed by atoms with Crippen LogP contribution in [0.15, 0.2) is 18.2 Å². The van der Waals surface area contributed by atoms with Crippen molar-refractivity contribution in [2.45, 2.75) is 32.6 Å². The van der Waals surface area contributed by atoms with Gasteiger partial charge in [0.25, 0.3) is 0 Å². The maximum absolute atomic E-state index is 12.2. The maximum Gasteiger partial charge on any atom is 0.231 e. The van der Waals surface area contributed by atoms with Gasteiger partial charge in [-0.2, -0.15) is 0 Å². The Hall–Kier alpha value is -1.75. The van der Waals surface area contributed by atoms with Gasteiger partial charge in [0.05, 0.1) is 6.42 Å². The average molecular weight is 318 g/mol. The summed E-state index contributed by atoms with van der Waals surface area (Å²) in [6.07, 6.45) is 4.04. The van der Waals surface area contributed by atoms with Crippen LogP contribution in [0.1, 0.15) is 31.7 Å². The number of carbonyl (C=O) groups is 1. The van der Waals surface area contributed by atoms with Gasteiger partial charge in [-0.05, 0) is 56.0 Å². The van der Waals surface area contributed by atoms with Gasteiger partial charge in [0.15, 0.2) is 11.5 Å². The van der Waals surface area contributed by atoms with Gasteiger partial charge >= 0.3 is 0 Å². The number of hydrogen-bond acceptors (Lipinski definition) is 4. The zero-order chi connectivity index (χ0) is 16.1. The van der Waals surface area contributed by atoms with Crippen LogP contribution in [-0.2, 0) is 11.2 Å². The highest BCUT2D eigenvalue weighted by molar-refractivity contribution is 5.78. The van der Waals surface area contributed by atoms with Crippen molar-refractivity contribution in [3.05, 3.63) is 23.8 Å². The van der Waals surface area contributed by atoms with E-state index in [2.05, 4.69) is 17.1 Å². The first-order valence-electron chi connectivity index (χ1n) is 8.62.